The van der Waals surface area contributed by atoms with Crippen LogP contribution in [0.15, 0.2) is 315 Å². The van der Waals surface area contributed by atoms with E-state index in [9.17, 15) is 10.5 Å². The van der Waals surface area contributed by atoms with Gasteiger partial charge in [0.2, 0.25) is 0 Å². The topological polar surface area (TPSA) is 113 Å². The molecular formula is C100H52B4N8O4. The van der Waals surface area contributed by atoms with Crippen LogP contribution in [-0.2, 0) is 0 Å². The summed E-state index contributed by atoms with van der Waals surface area (Å²) in [6.07, 6.45) is 0. The number of rotatable bonds is 0. The Balaban J connectivity index is 0.0000000866. The number of nitriles is 2. The summed E-state index contributed by atoms with van der Waals surface area (Å²) < 4.78 is 34.5. The number of nitrogens with zero attached hydrogens (tertiary/aromatic N) is 8. The van der Waals surface area contributed by atoms with E-state index in [0.29, 0.717) is 22.5 Å². The van der Waals surface area contributed by atoms with E-state index in [1.165, 1.54) is 104 Å². The summed E-state index contributed by atoms with van der Waals surface area (Å²) >= 11 is 0. The highest BCUT2D eigenvalue weighted by Gasteiger charge is 2.45. The van der Waals surface area contributed by atoms with E-state index in [0.717, 1.165) is 118 Å². The van der Waals surface area contributed by atoms with Crippen molar-refractivity contribution in [3.8, 4) is 80.9 Å². The first-order chi connectivity index (χ1) is 57.4. The van der Waals surface area contributed by atoms with Crippen molar-refractivity contribution in [2.45, 2.75) is 0 Å². The van der Waals surface area contributed by atoms with E-state index in [1.807, 2.05) is 91.0 Å². The number of hydrogen-bond acceptors (Lipinski definition) is 6. The molecule has 0 spiro atoms. The summed E-state index contributed by atoms with van der Waals surface area (Å²) in [5.41, 5.74) is 31.0. The Labute approximate surface area is 664 Å². The van der Waals surface area contributed by atoms with E-state index in [1.54, 1.807) is 0 Å². The maximum atomic E-state index is 9.82. The van der Waals surface area contributed by atoms with Crippen LogP contribution in [-0.4, -0.2) is 45.1 Å². The zero-order chi connectivity index (χ0) is 76.4. The Morgan fingerprint density at radius 2 is 0.647 bits per heavy atom. The molecule has 16 aromatic carbocycles. The van der Waals surface area contributed by atoms with Crippen LogP contribution >= 0.6 is 0 Å². The zero-order valence-electron chi connectivity index (χ0n) is 61.5. The quantitative estimate of drug-likeness (QED) is 0.110. The molecule has 0 radical (unpaired) electrons. The molecule has 0 fully saturated rings. The fourth-order valence-corrected chi connectivity index (χ4v) is 20.7. The molecule has 116 heavy (non-hydrogen) atoms. The van der Waals surface area contributed by atoms with E-state index >= 15 is 0 Å². The molecule has 0 atom stereocenters. The summed E-state index contributed by atoms with van der Waals surface area (Å²) in [6.45, 7) is 15.7. The summed E-state index contributed by atoms with van der Waals surface area (Å²) in [7, 11) is 0. The maximum absolute atomic E-state index is 9.82. The first-order valence-corrected chi connectivity index (χ1v) is 38.8. The number of aromatic nitrogens is 4. The van der Waals surface area contributed by atoms with E-state index in [2.05, 4.69) is 265 Å². The third-order valence-electron chi connectivity index (χ3n) is 25.1. The molecule has 0 N–H and O–H groups in total. The lowest BCUT2D eigenvalue weighted by atomic mass is 9.34. The smallest absolute Gasteiger partial charge is 0.256 e. The Hall–Kier alpha value is -15.9. The Morgan fingerprint density at radius 1 is 0.267 bits per heavy atom. The van der Waals surface area contributed by atoms with Crippen LogP contribution in [0, 0.1) is 35.8 Å². The number of para-hydroxylation sites is 9. The predicted octanol–water partition coefficient (Wildman–Crippen LogP) is 15.7. The molecule has 528 valence electrons. The molecular weight excluding hydrogens is 1420 g/mol. The summed E-state index contributed by atoms with van der Waals surface area (Å²) in [4.78, 5) is 7.51. The van der Waals surface area contributed by atoms with Gasteiger partial charge >= 0.3 is 0 Å². The van der Waals surface area contributed by atoms with Crippen molar-refractivity contribution in [3.63, 3.8) is 0 Å². The van der Waals surface area contributed by atoms with Gasteiger partial charge in [-0.1, -0.05) is 206 Å². The van der Waals surface area contributed by atoms with E-state index in [4.69, 9.17) is 32.1 Å². The molecule has 20 aromatic rings. The van der Waals surface area contributed by atoms with Crippen molar-refractivity contribution in [2.75, 3.05) is 0 Å². The molecule has 4 aromatic heterocycles. The van der Waals surface area contributed by atoms with Gasteiger partial charge < -0.3 is 37.2 Å². The van der Waals surface area contributed by atoms with Gasteiger partial charge in [-0.3, -0.25) is 0 Å². The fraction of sp³-hybridized carbons (Fsp3) is 0. The Kier molecular flexibility index (Phi) is 13.1. The van der Waals surface area contributed by atoms with Crippen molar-refractivity contribution in [1.82, 2.24) is 18.3 Å². The van der Waals surface area contributed by atoms with Gasteiger partial charge in [0.15, 0.2) is 11.4 Å². The molecule has 16 heteroatoms. The van der Waals surface area contributed by atoms with Crippen molar-refractivity contribution < 1.29 is 18.9 Å². The minimum absolute atomic E-state index is 0.102. The number of ether oxygens (including phenoxy) is 4. The molecule has 0 amide bonds. The van der Waals surface area contributed by atoms with E-state index < -0.39 is 0 Å². The lowest BCUT2D eigenvalue weighted by Crippen LogP contribution is -2.58. The van der Waals surface area contributed by atoms with Crippen LogP contribution in [0.2, 0.25) is 0 Å². The minimum atomic E-state index is 0.102. The van der Waals surface area contributed by atoms with Crippen LogP contribution in [0.3, 0.4) is 0 Å². The van der Waals surface area contributed by atoms with Crippen molar-refractivity contribution >= 4 is 191 Å². The fourth-order valence-electron chi connectivity index (χ4n) is 20.7. The molecule has 0 aliphatic carbocycles. The van der Waals surface area contributed by atoms with Gasteiger partial charge in [0.25, 0.3) is 26.9 Å². The van der Waals surface area contributed by atoms with Gasteiger partial charge in [-0.15, -0.1) is 0 Å². The monoisotopic (exact) mass is 1470 g/mol. The number of benzene rings is 16. The normalized spacial score (nSPS) is 13.0. The van der Waals surface area contributed by atoms with E-state index in [-0.39, 0.29) is 26.9 Å². The first-order valence-electron chi connectivity index (χ1n) is 38.8. The molecule has 28 rings (SSSR count). The minimum Gasteiger partial charge on any atom is -0.458 e. The van der Waals surface area contributed by atoms with Gasteiger partial charge in [0.1, 0.15) is 52.1 Å². The van der Waals surface area contributed by atoms with Crippen LogP contribution in [0.4, 0.5) is 11.4 Å². The lowest BCUT2D eigenvalue weighted by Gasteiger charge is -2.33. The largest absolute Gasteiger partial charge is 0.458 e. The lowest BCUT2D eigenvalue weighted by molar-refractivity contribution is 0.487. The molecule has 0 bridgehead atoms. The SMILES string of the molecule is N#Cc1ccc2c3cccc4c3n(c2c1)-c1cccc2c1B4c1ccccc1O2.N#Cc1cccc2c3cccc4c3n(c12)-c1cccc2c1B4c1ccccc1O2.[C-]#[N+]c1ccc2c(c1)c1cccc3c1n2-c1cccc2c1B3c1ccccc1O2.[C-]#[N+]c1ccc2c3c1c1ccccc1n3-c1cccc3c1B2c1ccccc1O3. The number of hydrogen-bond donors (Lipinski definition) is 0. The van der Waals surface area contributed by atoms with Gasteiger partial charge in [0.05, 0.1) is 52.4 Å². The second-order valence-corrected chi connectivity index (χ2v) is 30.6. The van der Waals surface area contributed by atoms with Gasteiger partial charge in [-0.25, -0.2) is 9.69 Å². The van der Waals surface area contributed by atoms with Crippen molar-refractivity contribution in [3.05, 3.63) is 349 Å². The Bertz CT molecular complexity index is 8020. The first kappa shape index (κ1) is 63.9. The van der Waals surface area contributed by atoms with Crippen LogP contribution in [0.25, 0.3) is 120 Å². The number of fused-ring (bicyclic) bond motifs is 28. The molecule has 0 unspecified atom stereocenters. The summed E-state index contributed by atoms with van der Waals surface area (Å²) in [6, 6.07) is 113. The molecule has 8 aliphatic rings. The average molecular weight is 1470 g/mol. The summed E-state index contributed by atoms with van der Waals surface area (Å²) in [5.74, 6) is 7.33. The third kappa shape index (κ3) is 8.50. The van der Waals surface area contributed by atoms with Crippen LogP contribution in [0.5, 0.6) is 46.0 Å². The third-order valence-corrected chi connectivity index (χ3v) is 25.1. The van der Waals surface area contributed by atoms with Crippen LogP contribution in [0.1, 0.15) is 11.1 Å². The predicted molar refractivity (Wildman–Crippen MR) is 470 cm³/mol. The van der Waals surface area contributed by atoms with Gasteiger partial charge in [-0.2, -0.15) is 10.5 Å². The molecule has 0 saturated heterocycles. The molecule has 8 aliphatic heterocycles. The molecule has 12 heterocycles. The zero-order valence-corrected chi connectivity index (χ0v) is 61.5. The van der Waals surface area contributed by atoms with Crippen molar-refractivity contribution in [1.29, 1.82) is 10.5 Å². The van der Waals surface area contributed by atoms with Crippen LogP contribution < -0.4 is 84.5 Å². The second kappa shape index (κ2) is 23.8. The maximum Gasteiger partial charge on any atom is 0.256 e. The highest BCUT2D eigenvalue weighted by molar-refractivity contribution is 7.01. The van der Waals surface area contributed by atoms with Crippen molar-refractivity contribution in [2.24, 2.45) is 0 Å². The van der Waals surface area contributed by atoms with Gasteiger partial charge in [-0.05, 0) is 186 Å². The molecule has 12 nitrogen and oxygen atoms in total. The highest BCUT2D eigenvalue weighted by atomic mass is 16.5. The van der Waals surface area contributed by atoms with Gasteiger partial charge in [0, 0.05) is 77.1 Å². The standard InChI is InChI=1S/4C25H13BN2O/c1-27-18-14-13-17-25-23(18)15-7-2-4-9-19(15)28(25)20-10-6-12-22-24(20)26(17)16-8-3-5-11-21(16)29-22;1-27-15-12-13-20-17(14-15)16-6-4-8-19-25(16)28(20)21-9-5-11-23-24(21)26(19)18-7-2-3-10-22(18)29-23;27-14-15-6-3-7-16-17-8-4-10-19-25(17)28(24(15)16)20-11-5-13-22-23(20)26(19)18-9-1-2-12-21(18)29-22;27-14-15-11-12-16-17-5-3-7-19-25(17)28(21(16)13-15)20-8-4-10-23-24(20)26(19)18-6-1-2-9-22(18)29-23/h2*2-14H;2*1-13H. The summed E-state index contributed by atoms with van der Waals surface area (Å²) in [5, 5.41) is 28.5. The molecule has 0 saturated carbocycles. The highest BCUT2D eigenvalue weighted by Crippen LogP contribution is 2.45. The average Bonchev–Trinajstić information content (AvgIpc) is 1.50. The Morgan fingerprint density at radius 3 is 1.14 bits per heavy atom. The second-order valence-electron chi connectivity index (χ2n) is 30.6.